The Labute approximate surface area is 151 Å². The third kappa shape index (κ3) is 3.75. The number of anilines is 1. The molecule has 1 amide bonds. The highest BCUT2D eigenvalue weighted by Crippen LogP contribution is 2.36. The van der Waals surface area contributed by atoms with Crippen molar-refractivity contribution < 1.29 is 18.0 Å². The Morgan fingerprint density at radius 1 is 1.35 bits per heavy atom. The highest BCUT2D eigenvalue weighted by atomic mass is 35.5. The number of hydrogen-bond donors (Lipinski definition) is 1. The number of fused-ring (bicyclic) bond motifs is 1. The number of nitrogens with zero attached hydrogens (tertiary/aromatic N) is 2. The molecule has 3 rings (SSSR count). The number of alkyl halides is 3. The Balaban J connectivity index is 1.77. The van der Waals surface area contributed by atoms with Crippen molar-refractivity contribution >= 4 is 23.2 Å². The predicted octanol–water partition coefficient (Wildman–Crippen LogP) is 3.20. The summed E-state index contributed by atoms with van der Waals surface area (Å²) in [5.74, 6) is -0.840. The Bertz CT molecular complexity index is 924. The number of benzene rings is 1. The summed E-state index contributed by atoms with van der Waals surface area (Å²) in [6, 6.07) is 4.69. The molecule has 1 atom stereocenters. The average molecular weight is 386 g/mol. The van der Waals surface area contributed by atoms with Gasteiger partial charge in [-0.3, -0.25) is 9.59 Å². The number of aryl methyl sites for hydroxylation is 2. The summed E-state index contributed by atoms with van der Waals surface area (Å²) in [4.78, 5) is 24.1. The molecule has 138 valence electrons. The van der Waals surface area contributed by atoms with Crippen LogP contribution in [0.3, 0.4) is 0 Å². The van der Waals surface area contributed by atoms with Crippen LogP contribution in [0.5, 0.6) is 0 Å². The topological polar surface area (TPSA) is 64.0 Å². The number of nitrogens with one attached hydrogen (secondary N) is 1. The fourth-order valence-electron chi connectivity index (χ4n) is 2.97. The van der Waals surface area contributed by atoms with Gasteiger partial charge in [0.15, 0.2) is 0 Å². The van der Waals surface area contributed by atoms with Crippen LogP contribution in [0.15, 0.2) is 29.1 Å². The molecular weight excluding hydrogens is 371 g/mol. The lowest BCUT2D eigenvalue weighted by Gasteiger charge is -2.23. The molecule has 0 unspecified atom stereocenters. The third-order valence-electron chi connectivity index (χ3n) is 4.36. The van der Waals surface area contributed by atoms with E-state index < -0.39 is 28.6 Å². The molecule has 1 aromatic carbocycles. The van der Waals surface area contributed by atoms with E-state index in [1.165, 1.54) is 16.8 Å². The smallest absolute Gasteiger partial charge is 0.326 e. The van der Waals surface area contributed by atoms with Gasteiger partial charge in [0.2, 0.25) is 5.91 Å². The fourth-order valence-corrected chi connectivity index (χ4v) is 3.20. The van der Waals surface area contributed by atoms with Gasteiger partial charge in [-0.15, -0.1) is 0 Å². The molecule has 0 bridgehead atoms. The summed E-state index contributed by atoms with van der Waals surface area (Å²) in [6.45, 7) is 0. The molecule has 1 aromatic heterocycles. The van der Waals surface area contributed by atoms with E-state index in [-0.39, 0.29) is 11.2 Å². The van der Waals surface area contributed by atoms with E-state index in [1.807, 2.05) is 0 Å². The normalized spacial score (nSPS) is 16.9. The molecule has 1 heterocycles. The molecule has 1 aliphatic rings. The van der Waals surface area contributed by atoms with E-state index in [0.29, 0.717) is 24.8 Å². The second-order valence-corrected chi connectivity index (χ2v) is 6.61. The van der Waals surface area contributed by atoms with E-state index in [9.17, 15) is 22.8 Å². The fraction of sp³-hybridized carbons (Fsp3) is 0.353. The Kier molecular flexibility index (Phi) is 4.79. The maximum absolute atomic E-state index is 12.9. The molecule has 0 saturated heterocycles. The molecule has 26 heavy (non-hydrogen) atoms. The van der Waals surface area contributed by atoms with Crippen LogP contribution in [0.2, 0.25) is 5.02 Å². The van der Waals surface area contributed by atoms with E-state index >= 15 is 0 Å². The number of carbonyl (C=O) groups excluding carboxylic acids is 1. The van der Waals surface area contributed by atoms with Crippen molar-refractivity contribution in [2.24, 2.45) is 13.0 Å². The molecule has 1 aliphatic carbocycles. The van der Waals surface area contributed by atoms with Gasteiger partial charge in [0, 0.05) is 24.7 Å². The first kappa shape index (κ1) is 18.4. The van der Waals surface area contributed by atoms with Crippen LogP contribution >= 0.6 is 11.6 Å². The highest BCUT2D eigenvalue weighted by molar-refractivity contribution is 6.31. The zero-order chi connectivity index (χ0) is 19.1. The summed E-state index contributed by atoms with van der Waals surface area (Å²) >= 11 is 5.58. The number of amides is 1. The van der Waals surface area contributed by atoms with Crippen LogP contribution in [-0.4, -0.2) is 15.7 Å². The van der Waals surface area contributed by atoms with Crippen LogP contribution in [0, 0.1) is 5.92 Å². The highest BCUT2D eigenvalue weighted by Gasteiger charge is 2.34. The first-order valence-electron chi connectivity index (χ1n) is 7.89. The molecule has 0 saturated carbocycles. The summed E-state index contributed by atoms with van der Waals surface area (Å²) in [5.41, 5.74) is 0.226. The molecule has 0 aliphatic heterocycles. The van der Waals surface area contributed by atoms with Gasteiger partial charge < -0.3 is 5.32 Å². The summed E-state index contributed by atoms with van der Waals surface area (Å²) < 4.78 is 40.0. The molecule has 9 heteroatoms. The van der Waals surface area contributed by atoms with Crippen molar-refractivity contribution in [2.45, 2.75) is 25.4 Å². The van der Waals surface area contributed by atoms with Crippen molar-refractivity contribution in [1.29, 1.82) is 0 Å². The lowest BCUT2D eigenvalue weighted by Crippen LogP contribution is -2.31. The standard InChI is InChI=1S/C17H15ClF3N3O2/c1-24-15(25)7-10-6-9(2-5-14(10)23-24)16(26)22-11-3-4-13(18)12(8-11)17(19,20)21/h3-4,7-9H,2,5-6H2,1H3,(H,22,26)/t9-/m0/s1. The van der Waals surface area contributed by atoms with Gasteiger partial charge >= 0.3 is 6.18 Å². The number of rotatable bonds is 2. The maximum atomic E-state index is 12.9. The number of hydrogen-bond acceptors (Lipinski definition) is 3. The van der Waals surface area contributed by atoms with Crippen molar-refractivity contribution in [3.05, 3.63) is 56.5 Å². The Morgan fingerprint density at radius 3 is 2.77 bits per heavy atom. The second-order valence-electron chi connectivity index (χ2n) is 6.20. The van der Waals surface area contributed by atoms with Crippen LogP contribution in [0.4, 0.5) is 18.9 Å². The minimum Gasteiger partial charge on any atom is -0.326 e. The minimum atomic E-state index is -4.60. The predicted molar refractivity (Wildman–Crippen MR) is 90.1 cm³/mol. The van der Waals surface area contributed by atoms with Crippen molar-refractivity contribution in [1.82, 2.24) is 9.78 Å². The Hall–Kier alpha value is -2.35. The molecule has 0 fully saturated rings. The largest absolute Gasteiger partial charge is 0.417 e. The van der Waals surface area contributed by atoms with Gasteiger partial charge in [-0.1, -0.05) is 11.6 Å². The van der Waals surface area contributed by atoms with Crippen molar-refractivity contribution in [3.63, 3.8) is 0 Å². The third-order valence-corrected chi connectivity index (χ3v) is 4.69. The summed E-state index contributed by atoms with van der Waals surface area (Å²) in [5, 5.41) is 6.25. The number of aromatic nitrogens is 2. The summed E-state index contributed by atoms with van der Waals surface area (Å²) in [6.07, 6.45) is -3.25. The molecule has 5 nitrogen and oxygen atoms in total. The zero-order valence-electron chi connectivity index (χ0n) is 13.7. The van der Waals surface area contributed by atoms with Gasteiger partial charge in [0.05, 0.1) is 16.3 Å². The van der Waals surface area contributed by atoms with E-state index in [4.69, 9.17) is 11.6 Å². The lowest BCUT2D eigenvalue weighted by molar-refractivity contribution is -0.137. The zero-order valence-corrected chi connectivity index (χ0v) is 14.5. The first-order chi connectivity index (χ1) is 12.1. The number of halogens is 4. The molecule has 0 radical (unpaired) electrons. The molecular formula is C17H15ClF3N3O2. The van der Waals surface area contributed by atoms with Crippen LogP contribution in [-0.2, 0) is 30.9 Å². The summed E-state index contributed by atoms with van der Waals surface area (Å²) in [7, 11) is 1.56. The minimum absolute atomic E-state index is 0.0274. The van der Waals surface area contributed by atoms with Crippen LogP contribution in [0.25, 0.3) is 0 Å². The quantitative estimate of drug-likeness (QED) is 0.863. The van der Waals surface area contributed by atoms with Gasteiger partial charge in [-0.25, -0.2) is 4.68 Å². The molecule has 1 N–H and O–H groups in total. The first-order valence-corrected chi connectivity index (χ1v) is 8.26. The Morgan fingerprint density at radius 2 is 2.08 bits per heavy atom. The number of carbonyl (C=O) groups is 1. The van der Waals surface area contributed by atoms with Gasteiger partial charge in [-0.2, -0.15) is 18.3 Å². The van der Waals surface area contributed by atoms with Gasteiger partial charge in [0.1, 0.15) is 0 Å². The van der Waals surface area contributed by atoms with Crippen molar-refractivity contribution in [2.75, 3.05) is 5.32 Å². The van der Waals surface area contributed by atoms with E-state index in [0.717, 1.165) is 17.8 Å². The van der Waals surface area contributed by atoms with E-state index in [1.54, 1.807) is 7.05 Å². The molecule has 2 aromatic rings. The maximum Gasteiger partial charge on any atom is 0.417 e. The van der Waals surface area contributed by atoms with Crippen LogP contribution < -0.4 is 10.9 Å². The molecule has 0 spiro atoms. The van der Waals surface area contributed by atoms with Gasteiger partial charge in [0.25, 0.3) is 5.56 Å². The average Bonchev–Trinajstić information content (AvgIpc) is 2.56. The monoisotopic (exact) mass is 385 g/mol. The second kappa shape index (κ2) is 6.75. The van der Waals surface area contributed by atoms with Crippen LogP contribution in [0.1, 0.15) is 23.2 Å². The van der Waals surface area contributed by atoms with E-state index in [2.05, 4.69) is 10.4 Å². The van der Waals surface area contributed by atoms with Gasteiger partial charge in [-0.05, 0) is 43.0 Å². The SMILES string of the molecule is Cn1nc2c(cc1=O)C[C@@H](C(=O)Nc1ccc(Cl)c(C(F)(F)F)c1)CC2. The van der Waals surface area contributed by atoms with Crippen molar-refractivity contribution in [3.8, 4) is 0 Å². The lowest BCUT2D eigenvalue weighted by atomic mass is 9.86.